The first-order chi connectivity index (χ1) is 14.1. The molecule has 30 heavy (non-hydrogen) atoms. The fourth-order valence-corrected chi connectivity index (χ4v) is 3.93. The molecule has 0 spiro atoms. The molecule has 3 nitrogen and oxygen atoms in total. The molecule has 0 radical (unpaired) electrons. The second kappa shape index (κ2) is 12.4. The molecule has 3 aromatic rings. The van der Waals surface area contributed by atoms with Gasteiger partial charge in [-0.3, -0.25) is 0 Å². The average molecular weight is 532 g/mol. The van der Waals surface area contributed by atoms with Crippen molar-refractivity contribution in [1.82, 2.24) is 5.32 Å². The van der Waals surface area contributed by atoms with Crippen LogP contribution in [0.5, 0.6) is 11.5 Å². The molecule has 0 fully saturated rings. The molecule has 1 N–H and O–H groups in total. The predicted octanol–water partition coefficient (Wildman–Crippen LogP) is 7.45. The lowest BCUT2D eigenvalue weighted by molar-refractivity contribution is 0.267. The summed E-state index contributed by atoms with van der Waals surface area (Å²) in [4.78, 5) is 0. The molecular weight excluding hydrogens is 509 g/mol. The maximum Gasteiger partial charge on any atom is 0.175 e. The standard InChI is InChI=1S/C23H22BrCl2NO2.ClH/c1-2-28-22-11-17(14-27-13-16-6-4-3-5-7-16)10-20(24)23(22)29-15-18-8-9-19(25)12-21(18)26;/h3-12,27H,2,13-15H2,1H3;1H. The molecule has 3 aromatic carbocycles. The van der Waals surface area contributed by atoms with Gasteiger partial charge < -0.3 is 14.8 Å². The first-order valence-corrected chi connectivity index (χ1v) is 10.9. The van der Waals surface area contributed by atoms with E-state index in [-0.39, 0.29) is 12.4 Å². The molecule has 0 bridgehead atoms. The Morgan fingerprint density at radius 2 is 1.63 bits per heavy atom. The maximum absolute atomic E-state index is 6.25. The third-order valence-corrected chi connectivity index (χ3v) is 5.43. The number of nitrogens with one attached hydrogen (secondary N) is 1. The largest absolute Gasteiger partial charge is 0.490 e. The zero-order valence-corrected chi connectivity index (χ0v) is 20.4. The topological polar surface area (TPSA) is 30.5 Å². The molecule has 160 valence electrons. The van der Waals surface area contributed by atoms with Crippen LogP contribution in [0.3, 0.4) is 0 Å². The lowest BCUT2D eigenvalue weighted by Crippen LogP contribution is -2.13. The van der Waals surface area contributed by atoms with Crippen molar-refractivity contribution in [3.63, 3.8) is 0 Å². The van der Waals surface area contributed by atoms with Crippen LogP contribution in [-0.4, -0.2) is 6.61 Å². The molecule has 0 atom stereocenters. The Hall–Kier alpha value is -1.43. The van der Waals surface area contributed by atoms with E-state index in [1.165, 1.54) is 5.56 Å². The second-order valence-electron chi connectivity index (χ2n) is 6.45. The highest BCUT2D eigenvalue weighted by molar-refractivity contribution is 9.10. The zero-order valence-electron chi connectivity index (χ0n) is 16.5. The third kappa shape index (κ3) is 7.07. The van der Waals surface area contributed by atoms with Gasteiger partial charge in [-0.05, 0) is 58.2 Å². The van der Waals surface area contributed by atoms with E-state index in [4.69, 9.17) is 32.7 Å². The van der Waals surface area contributed by atoms with Gasteiger partial charge in [-0.1, -0.05) is 59.6 Å². The minimum Gasteiger partial charge on any atom is -0.490 e. The molecule has 0 unspecified atom stereocenters. The maximum atomic E-state index is 6.25. The van der Waals surface area contributed by atoms with Crippen LogP contribution in [0.1, 0.15) is 23.6 Å². The SMILES string of the molecule is CCOc1cc(CNCc2ccccc2)cc(Br)c1OCc1ccc(Cl)cc1Cl.Cl. The van der Waals surface area contributed by atoms with E-state index in [1.807, 2.05) is 43.3 Å². The summed E-state index contributed by atoms with van der Waals surface area (Å²) >= 11 is 15.8. The number of benzene rings is 3. The van der Waals surface area contributed by atoms with Gasteiger partial charge in [-0.15, -0.1) is 12.4 Å². The summed E-state index contributed by atoms with van der Waals surface area (Å²) in [6, 6.07) is 19.7. The molecule has 0 amide bonds. The normalized spacial score (nSPS) is 10.4. The van der Waals surface area contributed by atoms with Gasteiger partial charge in [0.1, 0.15) is 6.61 Å². The summed E-state index contributed by atoms with van der Waals surface area (Å²) in [7, 11) is 0. The van der Waals surface area contributed by atoms with E-state index < -0.39 is 0 Å². The van der Waals surface area contributed by atoms with Gasteiger partial charge >= 0.3 is 0 Å². The van der Waals surface area contributed by atoms with Gasteiger partial charge in [-0.2, -0.15) is 0 Å². The van der Waals surface area contributed by atoms with Crippen molar-refractivity contribution in [2.24, 2.45) is 0 Å². The van der Waals surface area contributed by atoms with Gasteiger partial charge in [0.15, 0.2) is 11.5 Å². The van der Waals surface area contributed by atoms with Crippen molar-refractivity contribution in [2.45, 2.75) is 26.6 Å². The first-order valence-electron chi connectivity index (χ1n) is 9.33. The van der Waals surface area contributed by atoms with Crippen molar-refractivity contribution in [2.75, 3.05) is 6.61 Å². The summed E-state index contributed by atoms with van der Waals surface area (Å²) in [6.07, 6.45) is 0. The molecule has 7 heteroatoms. The Kier molecular flexibility index (Phi) is 10.3. The van der Waals surface area contributed by atoms with E-state index in [0.717, 1.165) is 28.7 Å². The molecule has 0 aromatic heterocycles. The average Bonchev–Trinajstić information content (AvgIpc) is 2.70. The summed E-state index contributed by atoms with van der Waals surface area (Å²) in [5, 5.41) is 4.63. The Labute approximate surface area is 202 Å². The molecule has 0 aliphatic heterocycles. The quantitative estimate of drug-likeness (QED) is 0.311. The van der Waals surface area contributed by atoms with Crippen LogP contribution >= 0.6 is 51.5 Å². The molecule has 0 heterocycles. The molecule has 3 rings (SSSR count). The molecule has 0 aliphatic rings. The Bertz CT molecular complexity index is 955. The fourth-order valence-electron chi connectivity index (χ4n) is 2.86. The highest BCUT2D eigenvalue weighted by Crippen LogP contribution is 2.38. The van der Waals surface area contributed by atoms with E-state index >= 15 is 0 Å². The Morgan fingerprint density at radius 3 is 2.33 bits per heavy atom. The number of hydrogen-bond acceptors (Lipinski definition) is 3. The molecular formula is C23H23BrCl3NO2. The van der Waals surface area contributed by atoms with E-state index in [2.05, 4.69) is 33.4 Å². The van der Waals surface area contributed by atoms with Crippen LogP contribution in [0.15, 0.2) is 65.1 Å². The fraction of sp³-hybridized carbons (Fsp3) is 0.217. The van der Waals surface area contributed by atoms with Crippen LogP contribution in [0.2, 0.25) is 10.0 Å². The summed E-state index contributed by atoms with van der Waals surface area (Å²) in [5.41, 5.74) is 3.21. The minimum atomic E-state index is 0. The number of rotatable bonds is 9. The van der Waals surface area contributed by atoms with Gasteiger partial charge in [0, 0.05) is 28.7 Å². The predicted molar refractivity (Wildman–Crippen MR) is 130 cm³/mol. The number of ether oxygens (including phenoxy) is 2. The molecule has 0 aliphatic carbocycles. The van der Waals surface area contributed by atoms with Crippen molar-refractivity contribution < 1.29 is 9.47 Å². The highest BCUT2D eigenvalue weighted by atomic mass is 79.9. The lowest BCUT2D eigenvalue weighted by Gasteiger charge is -2.16. The molecule has 0 saturated heterocycles. The Morgan fingerprint density at radius 1 is 0.900 bits per heavy atom. The third-order valence-electron chi connectivity index (χ3n) is 4.26. The summed E-state index contributed by atoms with van der Waals surface area (Å²) in [6.45, 7) is 4.34. The van der Waals surface area contributed by atoms with Crippen molar-refractivity contribution >= 4 is 51.5 Å². The van der Waals surface area contributed by atoms with E-state index in [9.17, 15) is 0 Å². The molecule has 0 saturated carbocycles. The zero-order chi connectivity index (χ0) is 20.6. The van der Waals surface area contributed by atoms with Crippen molar-refractivity contribution in [3.05, 3.63) is 91.9 Å². The van der Waals surface area contributed by atoms with E-state index in [0.29, 0.717) is 34.8 Å². The van der Waals surface area contributed by atoms with Crippen LogP contribution in [0, 0.1) is 0 Å². The second-order valence-corrected chi connectivity index (χ2v) is 8.15. The smallest absolute Gasteiger partial charge is 0.175 e. The van der Waals surface area contributed by atoms with Crippen LogP contribution in [-0.2, 0) is 19.7 Å². The van der Waals surface area contributed by atoms with Crippen LogP contribution in [0.4, 0.5) is 0 Å². The Balaban J connectivity index is 0.00000320. The monoisotopic (exact) mass is 529 g/mol. The number of halogens is 4. The van der Waals surface area contributed by atoms with Crippen LogP contribution < -0.4 is 14.8 Å². The highest BCUT2D eigenvalue weighted by Gasteiger charge is 2.13. The van der Waals surface area contributed by atoms with Crippen LogP contribution in [0.25, 0.3) is 0 Å². The van der Waals surface area contributed by atoms with E-state index in [1.54, 1.807) is 12.1 Å². The summed E-state index contributed by atoms with van der Waals surface area (Å²) < 4.78 is 12.7. The van der Waals surface area contributed by atoms with Gasteiger partial charge in [0.05, 0.1) is 11.1 Å². The first kappa shape index (κ1) is 24.8. The number of hydrogen-bond donors (Lipinski definition) is 1. The summed E-state index contributed by atoms with van der Waals surface area (Å²) in [5.74, 6) is 1.35. The van der Waals surface area contributed by atoms with Gasteiger partial charge in [-0.25, -0.2) is 0 Å². The van der Waals surface area contributed by atoms with Gasteiger partial charge in [0.2, 0.25) is 0 Å². The minimum absolute atomic E-state index is 0. The van der Waals surface area contributed by atoms with Crippen molar-refractivity contribution in [1.29, 1.82) is 0 Å². The van der Waals surface area contributed by atoms with Gasteiger partial charge in [0.25, 0.3) is 0 Å². The lowest BCUT2D eigenvalue weighted by atomic mass is 10.1. The van der Waals surface area contributed by atoms with Crippen molar-refractivity contribution in [3.8, 4) is 11.5 Å².